The largest absolute Gasteiger partial charge is 0.480 e. The highest BCUT2D eigenvalue weighted by atomic mass is 35.5. The molecule has 0 heterocycles. The molecule has 0 spiro atoms. The molecule has 116 valence electrons. The van der Waals surface area contributed by atoms with Crippen molar-refractivity contribution in [3.63, 3.8) is 0 Å². The summed E-state index contributed by atoms with van der Waals surface area (Å²) in [5.41, 5.74) is 0.267. The van der Waals surface area contributed by atoms with Crippen molar-refractivity contribution in [3.8, 4) is 0 Å². The van der Waals surface area contributed by atoms with Gasteiger partial charge < -0.3 is 10.0 Å². The van der Waals surface area contributed by atoms with E-state index in [4.69, 9.17) is 28.3 Å². The number of nitrogens with zero attached hydrogens (tertiary/aromatic N) is 1. The second kappa shape index (κ2) is 7.00. The third-order valence-electron chi connectivity index (χ3n) is 2.41. The van der Waals surface area contributed by atoms with E-state index in [9.17, 15) is 22.8 Å². The summed E-state index contributed by atoms with van der Waals surface area (Å²) >= 11 is 11.5. The quantitative estimate of drug-likeness (QED) is 0.893. The van der Waals surface area contributed by atoms with E-state index in [0.717, 1.165) is 0 Å². The number of carbonyl (C=O) groups is 2. The molecule has 0 aliphatic heterocycles. The van der Waals surface area contributed by atoms with Crippen LogP contribution in [0, 0.1) is 0 Å². The summed E-state index contributed by atoms with van der Waals surface area (Å²) in [5, 5.41) is 9.02. The fourth-order valence-corrected chi connectivity index (χ4v) is 2.03. The molecule has 1 N–H and O–H groups in total. The number of alkyl halides is 3. The maximum atomic E-state index is 12.4. The molecular formula is C12H10Cl2F3NO3. The van der Waals surface area contributed by atoms with Crippen molar-refractivity contribution in [2.45, 2.75) is 12.6 Å². The fourth-order valence-electron chi connectivity index (χ4n) is 1.55. The molecule has 0 aliphatic rings. The van der Waals surface area contributed by atoms with Crippen LogP contribution in [0.3, 0.4) is 0 Å². The molecule has 1 rings (SSSR count). The molecule has 0 fully saturated rings. The van der Waals surface area contributed by atoms with Gasteiger partial charge in [0.05, 0.1) is 6.42 Å². The average Bonchev–Trinajstić information content (AvgIpc) is 2.29. The van der Waals surface area contributed by atoms with Gasteiger partial charge in [0.25, 0.3) is 0 Å². The van der Waals surface area contributed by atoms with Gasteiger partial charge in [-0.3, -0.25) is 9.59 Å². The topological polar surface area (TPSA) is 57.6 Å². The maximum Gasteiger partial charge on any atom is 0.406 e. The maximum absolute atomic E-state index is 12.4. The molecule has 4 nitrogen and oxygen atoms in total. The van der Waals surface area contributed by atoms with E-state index in [0.29, 0.717) is 5.02 Å². The molecule has 0 radical (unpaired) electrons. The highest BCUT2D eigenvalue weighted by Gasteiger charge is 2.34. The summed E-state index contributed by atoms with van der Waals surface area (Å²) < 4.78 is 37.1. The predicted octanol–water partition coefficient (Wildman–Crippen LogP) is 3.01. The molecule has 1 aromatic rings. The number of carbonyl (C=O) groups excluding carboxylic acids is 1. The Morgan fingerprint density at radius 1 is 1.24 bits per heavy atom. The van der Waals surface area contributed by atoms with E-state index >= 15 is 0 Å². The summed E-state index contributed by atoms with van der Waals surface area (Å²) in [6.07, 6.45) is -5.13. The first-order chi connectivity index (χ1) is 9.58. The molecule has 0 unspecified atom stereocenters. The highest BCUT2D eigenvalue weighted by Crippen LogP contribution is 2.23. The number of aliphatic carboxylic acids is 1. The van der Waals surface area contributed by atoms with E-state index in [-0.39, 0.29) is 15.5 Å². The van der Waals surface area contributed by atoms with E-state index in [1.165, 1.54) is 18.2 Å². The fraction of sp³-hybridized carbons (Fsp3) is 0.333. The number of benzene rings is 1. The zero-order chi connectivity index (χ0) is 16.2. The Kier molecular flexibility index (Phi) is 5.86. The summed E-state index contributed by atoms with van der Waals surface area (Å²) in [5.74, 6) is -2.52. The summed E-state index contributed by atoms with van der Waals surface area (Å²) in [6, 6.07) is 4.17. The third-order valence-corrected chi connectivity index (χ3v) is 2.99. The summed E-state index contributed by atoms with van der Waals surface area (Å²) in [4.78, 5) is 22.6. The Bertz CT molecular complexity index is 549. The molecule has 0 saturated heterocycles. The van der Waals surface area contributed by atoms with E-state index in [2.05, 4.69) is 0 Å². The summed E-state index contributed by atoms with van der Waals surface area (Å²) in [7, 11) is 0. The molecule has 0 atom stereocenters. The number of amides is 1. The van der Waals surface area contributed by atoms with Gasteiger partial charge in [-0.2, -0.15) is 13.2 Å². The number of halogens is 5. The van der Waals surface area contributed by atoms with Gasteiger partial charge >= 0.3 is 12.1 Å². The van der Waals surface area contributed by atoms with Crippen LogP contribution in [0.25, 0.3) is 0 Å². The lowest BCUT2D eigenvalue weighted by Gasteiger charge is -2.22. The Morgan fingerprint density at radius 3 is 2.33 bits per heavy atom. The van der Waals surface area contributed by atoms with Gasteiger partial charge in [0, 0.05) is 10.0 Å². The van der Waals surface area contributed by atoms with Gasteiger partial charge in [-0.05, 0) is 17.7 Å². The SMILES string of the molecule is O=C(O)CN(CC(F)(F)F)C(=O)Cc1ccc(Cl)cc1Cl. The van der Waals surface area contributed by atoms with Gasteiger partial charge in [0.15, 0.2) is 0 Å². The van der Waals surface area contributed by atoms with Crippen LogP contribution in [0.15, 0.2) is 18.2 Å². The smallest absolute Gasteiger partial charge is 0.406 e. The van der Waals surface area contributed by atoms with Crippen molar-refractivity contribution in [1.29, 1.82) is 0 Å². The Balaban J connectivity index is 2.87. The molecule has 9 heteroatoms. The lowest BCUT2D eigenvalue weighted by atomic mass is 10.1. The van der Waals surface area contributed by atoms with Crippen LogP contribution in [-0.2, 0) is 16.0 Å². The number of hydrogen-bond donors (Lipinski definition) is 1. The molecule has 0 aromatic heterocycles. The van der Waals surface area contributed by atoms with Gasteiger partial charge in [-0.1, -0.05) is 29.3 Å². The lowest BCUT2D eigenvalue weighted by Crippen LogP contribution is -2.42. The van der Waals surface area contributed by atoms with Crippen LogP contribution in [0.4, 0.5) is 13.2 Å². The van der Waals surface area contributed by atoms with Crippen molar-refractivity contribution < 1.29 is 27.9 Å². The standard InChI is InChI=1S/C12H10Cl2F3NO3/c13-8-2-1-7(9(14)4-8)3-10(19)18(5-11(20)21)6-12(15,16)17/h1-2,4H,3,5-6H2,(H,20,21). The van der Waals surface area contributed by atoms with Crippen molar-refractivity contribution >= 4 is 35.1 Å². The van der Waals surface area contributed by atoms with Crippen LogP contribution >= 0.6 is 23.2 Å². The van der Waals surface area contributed by atoms with Crippen LogP contribution in [0.5, 0.6) is 0 Å². The molecular weight excluding hydrogens is 334 g/mol. The monoisotopic (exact) mass is 343 g/mol. The van der Waals surface area contributed by atoms with Crippen molar-refractivity contribution in [1.82, 2.24) is 4.90 Å². The molecule has 0 saturated carbocycles. The molecule has 1 aromatic carbocycles. The molecule has 1 amide bonds. The lowest BCUT2D eigenvalue weighted by molar-refractivity contribution is -0.165. The third kappa shape index (κ3) is 6.22. The van der Waals surface area contributed by atoms with E-state index < -0.39 is 37.6 Å². The zero-order valence-electron chi connectivity index (χ0n) is 10.5. The number of hydrogen-bond acceptors (Lipinski definition) is 2. The molecule has 21 heavy (non-hydrogen) atoms. The van der Waals surface area contributed by atoms with Gasteiger partial charge in [0.2, 0.25) is 5.91 Å². The van der Waals surface area contributed by atoms with Crippen LogP contribution < -0.4 is 0 Å². The summed E-state index contributed by atoms with van der Waals surface area (Å²) in [6.45, 7) is -2.67. The van der Waals surface area contributed by atoms with Gasteiger partial charge in [0.1, 0.15) is 13.1 Å². The van der Waals surface area contributed by atoms with Gasteiger partial charge in [-0.25, -0.2) is 0 Å². The minimum Gasteiger partial charge on any atom is -0.480 e. The van der Waals surface area contributed by atoms with Crippen molar-refractivity contribution in [2.24, 2.45) is 0 Å². The second-order valence-electron chi connectivity index (χ2n) is 4.17. The van der Waals surface area contributed by atoms with Crippen molar-refractivity contribution in [2.75, 3.05) is 13.1 Å². The Morgan fingerprint density at radius 2 is 1.86 bits per heavy atom. The van der Waals surface area contributed by atoms with E-state index in [1.54, 1.807) is 0 Å². The Hall–Kier alpha value is -1.47. The first-order valence-corrected chi connectivity index (χ1v) is 6.34. The minimum absolute atomic E-state index is 0.123. The number of carboxylic acid groups (broad SMARTS) is 1. The molecule has 0 aliphatic carbocycles. The first kappa shape index (κ1) is 17.6. The molecule has 0 bridgehead atoms. The van der Waals surface area contributed by atoms with Crippen LogP contribution in [-0.4, -0.2) is 41.1 Å². The van der Waals surface area contributed by atoms with Crippen molar-refractivity contribution in [3.05, 3.63) is 33.8 Å². The minimum atomic E-state index is -4.69. The van der Waals surface area contributed by atoms with Gasteiger partial charge in [-0.15, -0.1) is 0 Å². The first-order valence-electron chi connectivity index (χ1n) is 5.59. The normalized spacial score (nSPS) is 11.3. The number of rotatable bonds is 5. The van der Waals surface area contributed by atoms with E-state index in [1.807, 2.05) is 0 Å². The Labute approximate surface area is 128 Å². The number of carboxylic acids is 1. The predicted molar refractivity (Wildman–Crippen MR) is 70.4 cm³/mol. The second-order valence-corrected chi connectivity index (χ2v) is 5.01. The van der Waals surface area contributed by atoms with Crippen LogP contribution in [0.2, 0.25) is 10.0 Å². The zero-order valence-corrected chi connectivity index (χ0v) is 12.0. The highest BCUT2D eigenvalue weighted by molar-refractivity contribution is 6.35. The average molecular weight is 344 g/mol. The van der Waals surface area contributed by atoms with Crippen LogP contribution in [0.1, 0.15) is 5.56 Å².